The number of benzene rings is 3. The van der Waals surface area contributed by atoms with Crippen molar-refractivity contribution in [1.29, 1.82) is 0 Å². The molecule has 2 heterocycles. The van der Waals surface area contributed by atoms with E-state index in [9.17, 15) is 4.79 Å². The van der Waals surface area contributed by atoms with Gasteiger partial charge in [-0.25, -0.2) is 9.97 Å². The van der Waals surface area contributed by atoms with Gasteiger partial charge in [-0.1, -0.05) is 72.8 Å². The van der Waals surface area contributed by atoms with Crippen LogP contribution < -0.4 is 11.1 Å². The summed E-state index contributed by atoms with van der Waals surface area (Å²) in [6.07, 6.45) is 1.68. The maximum Gasteiger partial charge on any atom is 0.257 e. The molecule has 0 saturated heterocycles. The fourth-order valence-corrected chi connectivity index (χ4v) is 3.52. The number of nitrogens with zero attached hydrogens (tertiary/aromatic N) is 4. The molecule has 0 aliphatic carbocycles. The number of amides is 1. The van der Waals surface area contributed by atoms with E-state index in [0.717, 1.165) is 11.1 Å². The van der Waals surface area contributed by atoms with Gasteiger partial charge in [-0.15, -0.1) is 0 Å². The van der Waals surface area contributed by atoms with E-state index in [-0.39, 0.29) is 17.3 Å². The largest absolute Gasteiger partial charge is 0.383 e. The summed E-state index contributed by atoms with van der Waals surface area (Å²) in [6.45, 7) is 0.375. The summed E-state index contributed by atoms with van der Waals surface area (Å²) in [7, 11) is 0. The zero-order valence-electron chi connectivity index (χ0n) is 17.1. The lowest BCUT2D eigenvalue weighted by molar-refractivity contribution is 0.0953. The van der Waals surface area contributed by atoms with Gasteiger partial charge in [0.2, 0.25) is 0 Å². The average molecular weight is 420 g/mol. The Morgan fingerprint density at radius 3 is 2.25 bits per heavy atom. The van der Waals surface area contributed by atoms with Crippen molar-refractivity contribution in [1.82, 2.24) is 20.0 Å². The fourth-order valence-electron chi connectivity index (χ4n) is 3.52. The lowest BCUT2D eigenvalue weighted by Crippen LogP contribution is -2.23. The van der Waals surface area contributed by atoms with Crippen molar-refractivity contribution >= 4 is 40.1 Å². The number of anilines is 1. The minimum absolute atomic E-state index is 0.188. The van der Waals surface area contributed by atoms with Crippen LogP contribution in [-0.4, -0.2) is 26.8 Å². The third-order valence-electron chi connectivity index (χ3n) is 5.12. The molecular weight excluding hydrogens is 400 g/mol. The Balaban J connectivity index is 1.61. The minimum Gasteiger partial charge on any atom is -0.383 e. The summed E-state index contributed by atoms with van der Waals surface area (Å²) < 4.78 is 1.47. The molecule has 7 heteroatoms. The van der Waals surface area contributed by atoms with Gasteiger partial charge in [-0.05, 0) is 23.3 Å². The molecule has 32 heavy (non-hydrogen) atoms. The van der Waals surface area contributed by atoms with E-state index in [4.69, 9.17) is 15.7 Å². The topological polar surface area (TPSA) is 98.2 Å². The zero-order valence-corrected chi connectivity index (χ0v) is 17.1. The van der Waals surface area contributed by atoms with Gasteiger partial charge in [0.15, 0.2) is 5.65 Å². The third kappa shape index (κ3) is 3.67. The molecule has 0 radical (unpaired) electrons. The van der Waals surface area contributed by atoms with E-state index in [2.05, 4.69) is 10.4 Å². The molecule has 1 amide bonds. The molecular formula is C25H20N6O. The molecule has 0 spiro atoms. The quantitative estimate of drug-likeness (QED) is 0.420. The second-order valence-electron chi connectivity index (χ2n) is 7.28. The smallest absolute Gasteiger partial charge is 0.257 e. The number of para-hydroxylation sites is 2. The maximum absolute atomic E-state index is 13.2. The van der Waals surface area contributed by atoms with Gasteiger partial charge in [0, 0.05) is 6.54 Å². The van der Waals surface area contributed by atoms with Gasteiger partial charge in [-0.3, -0.25) is 4.79 Å². The van der Waals surface area contributed by atoms with Gasteiger partial charge >= 0.3 is 0 Å². The van der Waals surface area contributed by atoms with Crippen molar-refractivity contribution in [2.75, 3.05) is 5.73 Å². The highest BCUT2D eigenvalue weighted by Gasteiger charge is 2.24. The number of rotatable bonds is 5. The van der Waals surface area contributed by atoms with Crippen molar-refractivity contribution in [3.63, 3.8) is 0 Å². The van der Waals surface area contributed by atoms with Crippen LogP contribution in [0.1, 0.15) is 21.5 Å². The maximum atomic E-state index is 13.2. The standard InChI is InChI=1S/C25H20N6O/c26-23-21(25(32)27-15-17-9-3-1-4-10-17)22-24(30-20-14-8-7-13-19(20)29-22)31(23)28-16-18-11-5-2-6-12-18/h1-14,16H,15,26H2,(H,27,32)/b28-16-. The van der Waals surface area contributed by atoms with Crippen molar-refractivity contribution in [2.24, 2.45) is 5.10 Å². The summed E-state index contributed by atoms with van der Waals surface area (Å²) in [6, 6.07) is 26.8. The second kappa shape index (κ2) is 8.31. The number of nitrogens with one attached hydrogen (secondary N) is 1. The SMILES string of the molecule is Nc1c(C(=O)NCc2ccccc2)c2nc3ccccc3nc2n1/N=C\c1ccccc1. The molecule has 0 atom stereocenters. The first kappa shape index (κ1) is 19.4. The van der Waals surface area contributed by atoms with Crippen molar-refractivity contribution in [2.45, 2.75) is 6.54 Å². The molecule has 7 nitrogen and oxygen atoms in total. The first-order chi connectivity index (χ1) is 15.7. The van der Waals surface area contributed by atoms with Gasteiger partial charge in [0.25, 0.3) is 5.91 Å². The number of hydrogen-bond acceptors (Lipinski definition) is 5. The highest BCUT2D eigenvalue weighted by Crippen LogP contribution is 2.27. The second-order valence-corrected chi connectivity index (χ2v) is 7.28. The number of carbonyl (C=O) groups is 1. The van der Waals surface area contributed by atoms with Gasteiger partial charge in [0.1, 0.15) is 16.9 Å². The molecule has 0 unspecified atom stereocenters. The van der Waals surface area contributed by atoms with Crippen LogP contribution in [0.15, 0.2) is 90.0 Å². The van der Waals surface area contributed by atoms with E-state index in [1.807, 2.05) is 84.9 Å². The molecule has 2 aromatic heterocycles. The number of nitrogens with two attached hydrogens (primary N) is 1. The van der Waals surface area contributed by atoms with Gasteiger partial charge in [0.05, 0.1) is 17.2 Å². The van der Waals surface area contributed by atoms with Crippen molar-refractivity contribution in [3.05, 3.63) is 102 Å². The summed E-state index contributed by atoms with van der Waals surface area (Å²) in [5, 5.41) is 7.45. The number of carbonyl (C=O) groups excluding carboxylic acids is 1. The average Bonchev–Trinajstić information content (AvgIpc) is 3.11. The van der Waals surface area contributed by atoms with Crippen LogP contribution in [0.25, 0.3) is 22.2 Å². The highest BCUT2D eigenvalue weighted by atomic mass is 16.1. The van der Waals surface area contributed by atoms with Crippen LogP contribution in [-0.2, 0) is 6.54 Å². The molecule has 3 aromatic carbocycles. The van der Waals surface area contributed by atoms with E-state index >= 15 is 0 Å². The Morgan fingerprint density at radius 1 is 0.906 bits per heavy atom. The first-order valence-corrected chi connectivity index (χ1v) is 10.2. The minimum atomic E-state index is -0.324. The summed E-state index contributed by atoms with van der Waals surface area (Å²) >= 11 is 0. The molecule has 5 rings (SSSR count). The first-order valence-electron chi connectivity index (χ1n) is 10.2. The Morgan fingerprint density at radius 2 is 1.53 bits per heavy atom. The van der Waals surface area contributed by atoms with E-state index in [1.54, 1.807) is 6.21 Å². The normalized spacial score (nSPS) is 11.4. The predicted molar refractivity (Wildman–Crippen MR) is 126 cm³/mol. The number of nitrogen functional groups attached to an aromatic ring is 1. The highest BCUT2D eigenvalue weighted by molar-refractivity contribution is 6.10. The van der Waals surface area contributed by atoms with Crippen LogP contribution in [0, 0.1) is 0 Å². The molecule has 0 aliphatic heterocycles. The Kier molecular flexibility index (Phi) is 5.05. The molecule has 0 aliphatic rings. The van der Waals surface area contributed by atoms with Crippen molar-refractivity contribution < 1.29 is 4.79 Å². The molecule has 0 saturated carbocycles. The molecule has 156 valence electrons. The van der Waals surface area contributed by atoms with Crippen LogP contribution >= 0.6 is 0 Å². The summed E-state index contributed by atoms with van der Waals surface area (Å²) in [4.78, 5) is 22.5. The Hall–Kier alpha value is -4.52. The molecule has 3 N–H and O–H groups in total. The van der Waals surface area contributed by atoms with Crippen molar-refractivity contribution in [3.8, 4) is 0 Å². The zero-order chi connectivity index (χ0) is 21.9. The number of hydrogen-bond donors (Lipinski definition) is 2. The number of fused-ring (bicyclic) bond motifs is 2. The monoisotopic (exact) mass is 420 g/mol. The predicted octanol–water partition coefficient (Wildman–Crippen LogP) is 3.98. The van der Waals surface area contributed by atoms with Crippen LogP contribution in [0.5, 0.6) is 0 Å². The molecule has 5 aromatic rings. The summed E-state index contributed by atoms with van der Waals surface area (Å²) in [5.41, 5.74) is 10.8. The van der Waals surface area contributed by atoms with Gasteiger partial charge < -0.3 is 11.1 Å². The lowest BCUT2D eigenvalue weighted by Gasteiger charge is -2.05. The Bertz CT molecular complexity index is 1440. The van der Waals surface area contributed by atoms with Crippen LogP contribution in [0.2, 0.25) is 0 Å². The van der Waals surface area contributed by atoms with E-state index in [0.29, 0.717) is 28.7 Å². The molecule has 0 bridgehead atoms. The summed E-state index contributed by atoms with van der Waals surface area (Å²) in [5.74, 6) is -0.136. The van der Waals surface area contributed by atoms with Crippen LogP contribution in [0.3, 0.4) is 0 Å². The Labute approximate surface area is 184 Å². The van der Waals surface area contributed by atoms with E-state index < -0.39 is 0 Å². The van der Waals surface area contributed by atoms with Gasteiger partial charge in [-0.2, -0.15) is 9.78 Å². The third-order valence-corrected chi connectivity index (χ3v) is 5.12. The fraction of sp³-hybridized carbons (Fsp3) is 0.0400. The van der Waals surface area contributed by atoms with Crippen LogP contribution in [0.4, 0.5) is 5.82 Å². The molecule has 0 fully saturated rings. The lowest BCUT2D eigenvalue weighted by atomic mass is 10.2. The number of aromatic nitrogens is 3. The van der Waals surface area contributed by atoms with E-state index in [1.165, 1.54) is 4.68 Å².